The molecule has 0 aliphatic carbocycles. The average molecular weight is 431 g/mol. The molecule has 0 bridgehead atoms. The molecule has 0 aliphatic rings. The summed E-state index contributed by atoms with van der Waals surface area (Å²) in [6.45, 7) is 1.71. The van der Waals surface area contributed by atoms with Crippen LogP contribution in [0.25, 0.3) is 0 Å². The van der Waals surface area contributed by atoms with E-state index in [1.54, 1.807) is 18.3 Å². The minimum absolute atomic E-state index is 0.0388. The maximum Gasteiger partial charge on any atom is 0.227 e. The van der Waals surface area contributed by atoms with Crippen LogP contribution in [-0.2, 0) is 6.61 Å². The molecule has 0 amide bonds. The molecule has 8 nitrogen and oxygen atoms in total. The molecule has 2 aromatic heterocycles. The number of pyridine rings is 1. The summed E-state index contributed by atoms with van der Waals surface area (Å²) in [6, 6.07) is 4.90. The smallest absolute Gasteiger partial charge is 0.227 e. The van der Waals surface area contributed by atoms with Gasteiger partial charge < -0.3 is 24.8 Å². The van der Waals surface area contributed by atoms with Gasteiger partial charge in [0.2, 0.25) is 5.95 Å². The molecule has 164 valence electrons. The van der Waals surface area contributed by atoms with Gasteiger partial charge in [0.25, 0.3) is 0 Å². The normalized spacial score (nSPS) is 10.6. The van der Waals surface area contributed by atoms with Crippen molar-refractivity contribution in [2.45, 2.75) is 13.5 Å². The summed E-state index contributed by atoms with van der Waals surface area (Å²) in [5, 5.41) is 12.0. The Morgan fingerprint density at radius 1 is 1.10 bits per heavy atom. The molecule has 3 aromatic rings. The van der Waals surface area contributed by atoms with E-state index in [0.29, 0.717) is 18.2 Å². The van der Waals surface area contributed by atoms with Crippen molar-refractivity contribution in [3.63, 3.8) is 0 Å². The number of methoxy groups -OCH3 is 1. The number of hydrogen-bond donors (Lipinski definition) is 2. The standard InChI is InChI=1S/C21H23F2N5O3/c1-13-8-17(30-3)20(23)16(19(13)22)12-31-15-10-25-21(26-11-15)27-14-4-5-18(24-9-14)28(2)6-7-29/h4-5,8-11,29H,6-7,12H2,1-3H3,(H,25,26,27). The summed E-state index contributed by atoms with van der Waals surface area (Å²) in [4.78, 5) is 14.4. The van der Waals surface area contributed by atoms with Crippen LogP contribution >= 0.6 is 0 Å². The van der Waals surface area contributed by atoms with Gasteiger partial charge in [0, 0.05) is 13.6 Å². The Morgan fingerprint density at radius 2 is 1.84 bits per heavy atom. The van der Waals surface area contributed by atoms with Gasteiger partial charge in [-0.15, -0.1) is 0 Å². The molecule has 0 spiro atoms. The molecule has 0 radical (unpaired) electrons. The van der Waals surface area contributed by atoms with Crippen LogP contribution in [0, 0.1) is 18.6 Å². The monoisotopic (exact) mass is 431 g/mol. The van der Waals surface area contributed by atoms with Crippen LogP contribution in [0.1, 0.15) is 11.1 Å². The zero-order chi connectivity index (χ0) is 22.4. The maximum atomic E-state index is 14.3. The predicted molar refractivity (Wildman–Crippen MR) is 112 cm³/mol. The van der Waals surface area contributed by atoms with Crippen molar-refractivity contribution in [2.75, 3.05) is 37.5 Å². The lowest BCUT2D eigenvalue weighted by atomic mass is 10.1. The first-order valence-electron chi connectivity index (χ1n) is 9.44. The van der Waals surface area contributed by atoms with Crippen LogP contribution in [-0.4, -0.2) is 47.4 Å². The lowest BCUT2D eigenvalue weighted by Gasteiger charge is -2.16. The Morgan fingerprint density at radius 3 is 2.45 bits per heavy atom. The van der Waals surface area contributed by atoms with Crippen molar-refractivity contribution < 1.29 is 23.4 Å². The number of benzene rings is 1. The Kier molecular flexibility index (Phi) is 7.14. The lowest BCUT2D eigenvalue weighted by Crippen LogP contribution is -2.22. The van der Waals surface area contributed by atoms with Gasteiger partial charge in [0.1, 0.15) is 18.2 Å². The summed E-state index contributed by atoms with van der Waals surface area (Å²) in [5.74, 6) is -0.250. The molecule has 0 saturated carbocycles. The summed E-state index contributed by atoms with van der Waals surface area (Å²) in [6.07, 6.45) is 4.41. The molecule has 0 unspecified atom stereocenters. The Labute approximate surface area is 178 Å². The summed E-state index contributed by atoms with van der Waals surface area (Å²) < 4.78 is 39.0. The number of nitrogens with one attached hydrogen (secondary N) is 1. The highest BCUT2D eigenvalue weighted by molar-refractivity contribution is 5.54. The van der Waals surface area contributed by atoms with Gasteiger partial charge >= 0.3 is 0 Å². The molecular formula is C21H23F2N5O3. The van der Waals surface area contributed by atoms with Crippen molar-refractivity contribution >= 4 is 17.5 Å². The predicted octanol–water partition coefficient (Wildman–Crippen LogP) is 3.22. The Hall–Kier alpha value is -3.53. The second kappa shape index (κ2) is 9.98. The highest BCUT2D eigenvalue weighted by atomic mass is 19.1. The zero-order valence-electron chi connectivity index (χ0n) is 17.4. The molecule has 3 rings (SSSR count). The van der Waals surface area contributed by atoms with Crippen LogP contribution in [0.2, 0.25) is 0 Å². The fraction of sp³-hybridized carbons (Fsp3) is 0.286. The molecule has 10 heteroatoms. The van der Waals surface area contributed by atoms with Crippen LogP contribution in [0.4, 0.5) is 26.2 Å². The first kappa shape index (κ1) is 22.2. The van der Waals surface area contributed by atoms with E-state index in [1.165, 1.54) is 32.5 Å². The topological polar surface area (TPSA) is 92.6 Å². The highest BCUT2D eigenvalue weighted by Gasteiger charge is 2.18. The third-order valence-electron chi connectivity index (χ3n) is 4.50. The van der Waals surface area contributed by atoms with Gasteiger partial charge in [-0.05, 0) is 30.7 Å². The van der Waals surface area contributed by atoms with E-state index in [4.69, 9.17) is 14.6 Å². The van der Waals surface area contributed by atoms with E-state index in [0.717, 1.165) is 5.82 Å². The van der Waals surface area contributed by atoms with Crippen molar-refractivity contribution in [3.8, 4) is 11.5 Å². The molecule has 1 aromatic carbocycles. The van der Waals surface area contributed by atoms with Crippen LogP contribution in [0.3, 0.4) is 0 Å². The van der Waals surface area contributed by atoms with Crippen LogP contribution in [0.15, 0.2) is 36.8 Å². The number of aliphatic hydroxyl groups excluding tert-OH is 1. The second-order valence-electron chi connectivity index (χ2n) is 6.71. The quantitative estimate of drug-likeness (QED) is 0.534. The third-order valence-corrected chi connectivity index (χ3v) is 4.50. The van der Waals surface area contributed by atoms with Crippen molar-refractivity contribution in [3.05, 3.63) is 59.6 Å². The van der Waals surface area contributed by atoms with E-state index < -0.39 is 11.6 Å². The summed E-state index contributed by atoms with van der Waals surface area (Å²) >= 11 is 0. The minimum atomic E-state index is -0.801. The fourth-order valence-electron chi connectivity index (χ4n) is 2.77. The Balaban J connectivity index is 1.63. The molecule has 31 heavy (non-hydrogen) atoms. The second-order valence-corrected chi connectivity index (χ2v) is 6.71. The largest absolute Gasteiger partial charge is 0.494 e. The number of aromatic nitrogens is 3. The number of nitrogens with zero attached hydrogens (tertiary/aromatic N) is 4. The SMILES string of the molecule is COc1cc(C)c(F)c(COc2cnc(Nc3ccc(N(C)CCO)nc3)nc2)c1F. The van der Waals surface area contributed by atoms with E-state index in [2.05, 4.69) is 20.3 Å². The maximum absolute atomic E-state index is 14.3. The van der Waals surface area contributed by atoms with Gasteiger partial charge in [-0.1, -0.05) is 0 Å². The number of anilines is 3. The molecule has 0 saturated heterocycles. The van der Waals surface area contributed by atoms with Gasteiger partial charge in [-0.3, -0.25) is 0 Å². The number of halogens is 2. The lowest BCUT2D eigenvalue weighted by molar-refractivity contribution is 0.285. The van der Waals surface area contributed by atoms with Gasteiger partial charge in [-0.25, -0.2) is 23.7 Å². The minimum Gasteiger partial charge on any atom is -0.494 e. The molecule has 0 fully saturated rings. The van der Waals surface area contributed by atoms with Crippen LogP contribution < -0.4 is 19.7 Å². The summed E-state index contributed by atoms with van der Waals surface area (Å²) in [5.41, 5.74) is 0.706. The van der Waals surface area contributed by atoms with Gasteiger partial charge in [0.05, 0.1) is 43.6 Å². The van der Waals surface area contributed by atoms with Gasteiger partial charge in [0.15, 0.2) is 17.3 Å². The number of rotatable bonds is 9. The number of likely N-dealkylation sites (N-methyl/N-ethyl adjacent to an activating group) is 1. The summed E-state index contributed by atoms with van der Waals surface area (Å²) in [7, 11) is 3.15. The fourth-order valence-corrected chi connectivity index (χ4v) is 2.77. The zero-order valence-corrected chi connectivity index (χ0v) is 17.4. The third kappa shape index (κ3) is 5.34. The number of hydrogen-bond acceptors (Lipinski definition) is 8. The van der Waals surface area contributed by atoms with E-state index in [9.17, 15) is 8.78 Å². The molecule has 2 N–H and O–H groups in total. The molecule has 0 atom stereocenters. The van der Waals surface area contributed by atoms with Crippen molar-refractivity contribution in [2.24, 2.45) is 0 Å². The molecule has 0 aliphatic heterocycles. The molecule has 2 heterocycles. The number of ether oxygens (including phenoxy) is 2. The van der Waals surface area contributed by atoms with E-state index >= 15 is 0 Å². The van der Waals surface area contributed by atoms with Crippen molar-refractivity contribution in [1.82, 2.24) is 15.0 Å². The first-order valence-corrected chi connectivity index (χ1v) is 9.44. The van der Waals surface area contributed by atoms with E-state index in [1.807, 2.05) is 11.9 Å². The Bertz CT molecular complexity index is 1020. The van der Waals surface area contributed by atoms with Crippen molar-refractivity contribution in [1.29, 1.82) is 0 Å². The van der Waals surface area contributed by atoms with Gasteiger partial charge in [-0.2, -0.15) is 0 Å². The molecular weight excluding hydrogens is 408 g/mol. The van der Waals surface area contributed by atoms with Crippen LogP contribution in [0.5, 0.6) is 11.5 Å². The number of aryl methyl sites for hydroxylation is 1. The first-order chi connectivity index (χ1) is 14.9. The average Bonchev–Trinajstić information content (AvgIpc) is 2.78. The van der Waals surface area contributed by atoms with E-state index in [-0.39, 0.29) is 35.8 Å². The number of aliphatic hydroxyl groups is 1. The highest BCUT2D eigenvalue weighted by Crippen LogP contribution is 2.27.